The van der Waals surface area contributed by atoms with Crippen molar-refractivity contribution in [2.24, 2.45) is 16.2 Å². The van der Waals surface area contributed by atoms with Gasteiger partial charge < -0.3 is 19.3 Å². The number of nitrogens with one attached hydrogen (secondary N) is 1. The Kier molecular flexibility index (Phi) is 7.76. The Morgan fingerprint density at radius 3 is 2.43 bits per heavy atom. The molecule has 5 aliphatic rings. The molecule has 0 spiro atoms. The molecule has 2 unspecified atom stereocenters. The van der Waals surface area contributed by atoms with E-state index in [9.17, 15) is 14.7 Å². The van der Waals surface area contributed by atoms with E-state index in [0.717, 1.165) is 65.8 Å². The summed E-state index contributed by atoms with van der Waals surface area (Å²) in [6, 6.07) is 11.5. The number of imidazole rings is 1. The Morgan fingerprint density at radius 1 is 0.944 bits per heavy atom. The van der Waals surface area contributed by atoms with E-state index < -0.39 is 5.97 Å². The molecule has 10 rings (SSSR count). The van der Waals surface area contributed by atoms with Gasteiger partial charge in [0.2, 0.25) is 0 Å². The number of hydrogen-bond acceptors (Lipinski definition) is 9. The Morgan fingerprint density at radius 2 is 1.70 bits per heavy atom. The molecule has 4 aliphatic carbocycles. The fourth-order valence-corrected chi connectivity index (χ4v) is 12.5. The van der Waals surface area contributed by atoms with Crippen molar-refractivity contribution >= 4 is 44.4 Å². The molecule has 4 aromatic heterocycles. The van der Waals surface area contributed by atoms with Gasteiger partial charge in [0.05, 0.1) is 46.2 Å². The lowest BCUT2D eigenvalue weighted by molar-refractivity contribution is -0.275. The number of nitrogens with zero attached hydrogens (tertiary/aromatic N) is 7. The maximum Gasteiger partial charge on any atom is 0.355 e. The van der Waals surface area contributed by atoms with Crippen LogP contribution in [0.15, 0.2) is 48.9 Å². The van der Waals surface area contributed by atoms with Gasteiger partial charge in [0, 0.05) is 36.5 Å². The number of carboxylic acid groups (broad SMARTS) is 1. The highest BCUT2D eigenvalue weighted by Gasteiger charge is 2.66. The van der Waals surface area contributed by atoms with Gasteiger partial charge in [-0.05, 0) is 107 Å². The fourth-order valence-electron chi connectivity index (χ4n) is 11.7. The summed E-state index contributed by atoms with van der Waals surface area (Å²) in [6.07, 6.45) is 10.3. The van der Waals surface area contributed by atoms with Crippen molar-refractivity contribution in [3.05, 3.63) is 71.7 Å². The van der Waals surface area contributed by atoms with Crippen LogP contribution >= 0.6 is 11.3 Å². The van der Waals surface area contributed by atoms with Gasteiger partial charge in [-0.15, -0.1) is 0 Å². The number of anilines is 2. The third-order valence-corrected chi connectivity index (χ3v) is 13.0. The minimum Gasteiger partial charge on any atom is -0.476 e. The molecule has 2 N–H and O–H groups in total. The molecule has 2 atom stereocenters. The number of para-hydroxylation sites is 1. The second kappa shape index (κ2) is 11.9. The predicted octanol–water partition coefficient (Wildman–Crippen LogP) is 7.96. The summed E-state index contributed by atoms with van der Waals surface area (Å²) in [6.45, 7) is 15.8. The molecule has 5 heterocycles. The van der Waals surface area contributed by atoms with Crippen LogP contribution < -0.4 is 10.2 Å². The average Bonchev–Trinajstić information content (AvgIpc) is 3.77. The van der Waals surface area contributed by atoms with E-state index in [2.05, 4.69) is 54.6 Å². The molecule has 54 heavy (non-hydrogen) atoms. The van der Waals surface area contributed by atoms with Crippen LogP contribution in [0.5, 0.6) is 0 Å². The summed E-state index contributed by atoms with van der Waals surface area (Å²) in [5.41, 5.74) is 4.28. The average molecular weight is 749 g/mol. The Bertz CT molecular complexity index is 2280. The van der Waals surface area contributed by atoms with E-state index in [0.29, 0.717) is 41.8 Å². The molecule has 282 valence electrons. The molecule has 0 saturated heterocycles. The first-order valence-electron chi connectivity index (χ1n) is 19.0. The minimum absolute atomic E-state index is 0.0182. The van der Waals surface area contributed by atoms with Crippen LogP contribution in [0.25, 0.3) is 21.3 Å². The predicted molar refractivity (Wildman–Crippen MR) is 208 cm³/mol. The number of carboxylic acids is 1. The number of pyridine rings is 1. The molecular weight excluding hydrogens is 701 g/mol. The number of ether oxygens (including phenoxy) is 1. The second-order valence-electron chi connectivity index (χ2n) is 18.3. The van der Waals surface area contributed by atoms with Crippen molar-refractivity contribution in [3.63, 3.8) is 0 Å². The summed E-state index contributed by atoms with van der Waals surface area (Å²) in [5, 5.41) is 18.8. The summed E-state index contributed by atoms with van der Waals surface area (Å²) in [7, 11) is 0. The van der Waals surface area contributed by atoms with Gasteiger partial charge in [-0.2, -0.15) is 5.10 Å². The van der Waals surface area contributed by atoms with Crippen molar-refractivity contribution in [1.82, 2.24) is 29.3 Å². The summed E-state index contributed by atoms with van der Waals surface area (Å²) >= 11 is 1.41. The third-order valence-electron chi connectivity index (χ3n) is 12.1. The summed E-state index contributed by atoms with van der Waals surface area (Å²) in [5.74, 6) is -0.897. The molecule has 4 saturated carbocycles. The molecule has 4 fully saturated rings. The van der Waals surface area contributed by atoms with Gasteiger partial charge in [0.1, 0.15) is 5.82 Å². The summed E-state index contributed by atoms with van der Waals surface area (Å²) < 4.78 is 12.0. The lowest BCUT2D eigenvalue weighted by Gasteiger charge is -2.70. The van der Waals surface area contributed by atoms with Crippen molar-refractivity contribution in [2.45, 2.75) is 111 Å². The van der Waals surface area contributed by atoms with Crippen LogP contribution in [0.3, 0.4) is 0 Å². The maximum absolute atomic E-state index is 13.4. The third kappa shape index (κ3) is 6.09. The quantitative estimate of drug-likeness (QED) is 0.162. The number of rotatable bonds is 8. The first-order chi connectivity index (χ1) is 25.5. The Labute approximate surface area is 319 Å². The molecule has 1 aliphatic heterocycles. The van der Waals surface area contributed by atoms with Crippen LogP contribution in [-0.2, 0) is 24.4 Å². The van der Waals surface area contributed by atoms with E-state index in [1.54, 1.807) is 12.5 Å². The number of amides is 1. The van der Waals surface area contributed by atoms with Gasteiger partial charge in [0.25, 0.3) is 5.91 Å². The Hall–Kier alpha value is -4.62. The molecule has 12 nitrogen and oxygen atoms in total. The number of carbonyl (C=O) groups is 2. The normalized spacial score (nSPS) is 27.4. The highest BCUT2D eigenvalue weighted by atomic mass is 32.1. The fraction of sp³-hybridized carbons (Fsp3) is 0.512. The lowest BCUT2D eigenvalue weighted by Crippen LogP contribution is -2.65. The van der Waals surface area contributed by atoms with Gasteiger partial charge in [-0.25, -0.2) is 19.7 Å². The molecule has 4 bridgehead atoms. The first-order valence-corrected chi connectivity index (χ1v) is 19.8. The zero-order valence-corrected chi connectivity index (χ0v) is 32.7. The number of carbonyl (C=O) groups excluding carboxylic acids is 1. The van der Waals surface area contributed by atoms with Gasteiger partial charge in [-0.3, -0.25) is 14.8 Å². The number of aromatic carboxylic acids is 1. The van der Waals surface area contributed by atoms with Crippen LogP contribution in [0, 0.1) is 23.2 Å². The SMILES string of the molecule is Cc1c(-c2ccc(N3CCn4cnc(C(=O)Nc5nc6ccccc6s5)c4C3)nc2C(=O)O)cnn1CC12CC3(C)CC(C)(C1)CC(OC(C)(C)C)(C3)C2. The van der Waals surface area contributed by atoms with E-state index in [1.807, 2.05) is 52.8 Å². The Balaban J connectivity index is 0.963. The van der Waals surface area contributed by atoms with Crippen LogP contribution in [0.4, 0.5) is 10.9 Å². The van der Waals surface area contributed by atoms with Gasteiger partial charge >= 0.3 is 5.97 Å². The largest absolute Gasteiger partial charge is 0.476 e. The van der Waals surface area contributed by atoms with Crippen LogP contribution in [-0.4, -0.2) is 64.0 Å². The van der Waals surface area contributed by atoms with E-state index in [-0.39, 0.29) is 39.0 Å². The molecular formula is C41H48N8O4S. The topological polar surface area (TPSA) is 140 Å². The van der Waals surface area contributed by atoms with Crippen molar-refractivity contribution in [1.29, 1.82) is 0 Å². The zero-order chi connectivity index (χ0) is 37.8. The molecule has 13 heteroatoms. The van der Waals surface area contributed by atoms with E-state index in [1.165, 1.54) is 17.8 Å². The first kappa shape index (κ1) is 35.1. The van der Waals surface area contributed by atoms with Gasteiger partial charge in [-0.1, -0.05) is 37.3 Å². The molecule has 0 radical (unpaired) electrons. The number of benzene rings is 1. The lowest BCUT2D eigenvalue weighted by atomic mass is 9.39. The number of fused-ring (bicyclic) bond motifs is 2. The second-order valence-corrected chi connectivity index (χ2v) is 19.4. The van der Waals surface area contributed by atoms with Crippen molar-refractivity contribution < 1.29 is 19.4 Å². The maximum atomic E-state index is 13.4. The zero-order valence-electron chi connectivity index (χ0n) is 31.9. The molecule has 1 amide bonds. The van der Waals surface area contributed by atoms with Crippen molar-refractivity contribution in [3.8, 4) is 11.1 Å². The van der Waals surface area contributed by atoms with Gasteiger partial charge in [0.15, 0.2) is 16.5 Å². The highest BCUT2D eigenvalue weighted by molar-refractivity contribution is 7.22. The summed E-state index contributed by atoms with van der Waals surface area (Å²) in [4.78, 5) is 41.9. The monoisotopic (exact) mass is 748 g/mol. The smallest absolute Gasteiger partial charge is 0.355 e. The molecule has 5 aromatic rings. The number of thiazole rings is 1. The van der Waals surface area contributed by atoms with Crippen LogP contribution in [0.2, 0.25) is 0 Å². The molecule has 1 aromatic carbocycles. The highest BCUT2D eigenvalue weighted by Crippen LogP contribution is 2.72. The number of hydrogen-bond donors (Lipinski definition) is 2. The number of aromatic nitrogens is 6. The minimum atomic E-state index is -1.10. The van der Waals surface area contributed by atoms with Crippen LogP contribution in [0.1, 0.15) is 106 Å². The van der Waals surface area contributed by atoms with E-state index >= 15 is 0 Å². The standard InChI is InChI=1S/C41H48N8O4S/c1-25-27(15-43-49(25)23-40-18-38(5)17-39(6,19-40)21-41(20-38,22-40)53-37(2,3)4)26-11-12-31(45-32(26)35(51)52)47-13-14-48-24-42-33(29(48)16-47)34(50)46-36-44-28-9-7-8-10-30(28)54-36/h7-12,15,24H,13-14,16-23H2,1-6H3,(H,51,52)(H,44,46,50). The van der Waals surface area contributed by atoms with E-state index in [4.69, 9.17) is 14.8 Å². The van der Waals surface area contributed by atoms with Crippen molar-refractivity contribution in [2.75, 3.05) is 16.8 Å².